The Bertz CT molecular complexity index is 659. The predicted octanol–water partition coefficient (Wildman–Crippen LogP) is 2.74. The molecule has 2 unspecified atom stereocenters. The smallest absolute Gasteiger partial charge is 0.191 e. The molecule has 2 N–H and O–H groups in total. The summed E-state index contributed by atoms with van der Waals surface area (Å²) in [5.41, 5.74) is 1.14. The van der Waals surface area contributed by atoms with E-state index in [1.807, 2.05) is 19.9 Å². The SMILES string of the molecule is CCNC(=NCC(C)N1CCN(C)CC1)NC(C)c1ccc(OCC)c(OCC)c1. The molecule has 7 nitrogen and oxygen atoms in total. The van der Waals surface area contributed by atoms with Gasteiger partial charge in [0.2, 0.25) is 0 Å². The van der Waals surface area contributed by atoms with Crippen molar-refractivity contribution in [3.05, 3.63) is 23.8 Å². The van der Waals surface area contributed by atoms with Crippen molar-refractivity contribution in [2.75, 3.05) is 59.5 Å². The van der Waals surface area contributed by atoms with Crippen LogP contribution in [0.2, 0.25) is 0 Å². The lowest BCUT2D eigenvalue weighted by atomic mass is 10.1. The van der Waals surface area contributed by atoms with Gasteiger partial charge in [0.15, 0.2) is 17.5 Å². The normalized spacial score (nSPS) is 18.0. The van der Waals surface area contributed by atoms with Gasteiger partial charge in [-0.15, -0.1) is 0 Å². The maximum atomic E-state index is 5.78. The molecule has 2 rings (SSSR count). The number of likely N-dealkylation sites (N-methyl/N-ethyl adjacent to an activating group) is 1. The first-order valence-corrected chi connectivity index (χ1v) is 11.3. The molecular weight excluding hydrogens is 378 g/mol. The van der Waals surface area contributed by atoms with E-state index >= 15 is 0 Å². The second-order valence-electron chi connectivity index (χ2n) is 7.85. The quantitative estimate of drug-likeness (QED) is 0.449. The molecule has 1 fully saturated rings. The summed E-state index contributed by atoms with van der Waals surface area (Å²) >= 11 is 0. The number of nitrogens with one attached hydrogen (secondary N) is 2. The van der Waals surface area contributed by atoms with Crippen molar-refractivity contribution in [2.45, 2.75) is 46.7 Å². The Balaban J connectivity index is 2.02. The molecule has 0 bridgehead atoms. The third-order valence-corrected chi connectivity index (χ3v) is 5.44. The molecule has 1 aromatic rings. The molecule has 1 heterocycles. The van der Waals surface area contributed by atoms with Crippen molar-refractivity contribution >= 4 is 5.96 Å². The third-order valence-electron chi connectivity index (χ3n) is 5.44. The minimum atomic E-state index is 0.0941. The van der Waals surface area contributed by atoms with E-state index in [-0.39, 0.29) is 6.04 Å². The standard InChI is InChI=1S/C23H41N5O2/c1-7-24-23(25-17-18(4)28-14-12-27(6)13-15-28)26-19(5)20-10-11-21(29-8-2)22(16-20)30-9-3/h10-11,16,18-19H,7-9,12-15,17H2,1-6H3,(H2,24,25,26). The number of guanidine groups is 1. The maximum Gasteiger partial charge on any atom is 0.191 e. The molecule has 1 aliphatic rings. The number of ether oxygens (including phenoxy) is 2. The highest BCUT2D eigenvalue weighted by Gasteiger charge is 2.19. The zero-order chi connectivity index (χ0) is 21.9. The average Bonchev–Trinajstić information content (AvgIpc) is 2.74. The van der Waals surface area contributed by atoms with Gasteiger partial charge in [0.25, 0.3) is 0 Å². The molecule has 1 aliphatic heterocycles. The van der Waals surface area contributed by atoms with Crippen LogP contribution in [0, 0.1) is 0 Å². The van der Waals surface area contributed by atoms with E-state index < -0.39 is 0 Å². The fraction of sp³-hybridized carbons (Fsp3) is 0.696. The second kappa shape index (κ2) is 12.6. The van der Waals surface area contributed by atoms with E-state index in [4.69, 9.17) is 14.5 Å². The number of aliphatic imine (C=N–C) groups is 1. The highest BCUT2D eigenvalue weighted by molar-refractivity contribution is 5.80. The highest BCUT2D eigenvalue weighted by Crippen LogP contribution is 2.30. The van der Waals surface area contributed by atoms with E-state index in [1.54, 1.807) is 0 Å². The van der Waals surface area contributed by atoms with Gasteiger partial charge in [-0.2, -0.15) is 0 Å². The van der Waals surface area contributed by atoms with E-state index in [2.05, 4.69) is 60.4 Å². The summed E-state index contributed by atoms with van der Waals surface area (Å²) in [6.07, 6.45) is 0. The molecule has 0 amide bonds. The van der Waals surface area contributed by atoms with Crippen molar-refractivity contribution in [3.63, 3.8) is 0 Å². The van der Waals surface area contributed by atoms with E-state index in [0.29, 0.717) is 19.3 Å². The summed E-state index contributed by atoms with van der Waals surface area (Å²) in [4.78, 5) is 9.77. The fourth-order valence-electron chi connectivity index (χ4n) is 3.55. The number of hydrogen-bond acceptors (Lipinski definition) is 5. The van der Waals surface area contributed by atoms with Crippen LogP contribution in [0.25, 0.3) is 0 Å². The van der Waals surface area contributed by atoms with Crippen molar-refractivity contribution in [1.82, 2.24) is 20.4 Å². The Kier molecular flexibility index (Phi) is 10.2. The summed E-state index contributed by atoms with van der Waals surface area (Å²) < 4.78 is 11.5. The van der Waals surface area contributed by atoms with Crippen LogP contribution >= 0.6 is 0 Å². The molecule has 0 saturated carbocycles. The number of benzene rings is 1. The van der Waals surface area contributed by atoms with Crippen LogP contribution in [0.5, 0.6) is 11.5 Å². The lowest BCUT2D eigenvalue weighted by Gasteiger charge is -2.36. The number of rotatable bonds is 10. The summed E-state index contributed by atoms with van der Waals surface area (Å²) in [5.74, 6) is 2.42. The molecule has 0 spiro atoms. The van der Waals surface area contributed by atoms with Gasteiger partial charge in [-0.3, -0.25) is 9.89 Å². The Morgan fingerprint density at radius 1 is 1.03 bits per heavy atom. The van der Waals surface area contributed by atoms with Gasteiger partial charge >= 0.3 is 0 Å². The van der Waals surface area contributed by atoms with Crippen LogP contribution < -0.4 is 20.1 Å². The van der Waals surface area contributed by atoms with Crippen LogP contribution in [0.3, 0.4) is 0 Å². The first kappa shape index (κ1) is 24.3. The predicted molar refractivity (Wildman–Crippen MR) is 125 cm³/mol. The maximum absolute atomic E-state index is 5.78. The van der Waals surface area contributed by atoms with Crippen LogP contribution in [-0.2, 0) is 0 Å². The van der Waals surface area contributed by atoms with E-state index in [9.17, 15) is 0 Å². The zero-order valence-corrected chi connectivity index (χ0v) is 19.7. The Hall–Kier alpha value is -1.99. The van der Waals surface area contributed by atoms with Gasteiger partial charge < -0.3 is 25.0 Å². The van der Waals surface area contributed by atoms with Crippen molar-refractivity contribution in [3.8, 4) is 11.5 Å². The molecule has 1 saturated heterocycles. The monoisotopic (exact) mass is 419 g/mol. The van der Waals surface area contributed by atoms with Crippen LogP contribution in [0.1, 0.15) is 46.2 Å². The van der Waals surface area contributed by atoms with E-state index in [0.717, 1.165) is 62.3 Å². The average molecular weight is 420 g/mol. The second-order valence-corrected chi connectivity index (χ2v) is 7.85. The molecular formula is C23H41N5O2. The molecule has 2 atom stereocenters. The fourth-order valence-corrected chi connectivity index (χ4v) is 3.55. The van der Waals surface area contributed by atoms with Gasteiger partial charge in [0, 0.05) is 38.8 Å². The largest absolute Gasteiger partial charge is 0.490 e. The van der Waals surface area contributed by atoms with Crippen LogP contribution in [-0.4, -0.2) is 81.3 Å². The van der Waals surface area contributed by atoms with Crippen molar-refractivity contribution in [1.29, 1.82) is 0 Å². The van der Waals surface area contributed by atoms with Gasteiger partial charge in [-0.05, 0) is 59.4 Å². The van der Waals surface area contributed by atoms with E-state index in [1.165, 1.54) is 0 Å². The Morgan fingerprint density at radius 3 is 2.33 bits per heavy atom. The Labute approximate surface area is 182 Å². The Morgan fingerprint density at radius 2 is 1.70 bits per heavy atom. The highest BCUT2D eigenvalue weighted by atomic mass is 16.5. The summed E-state index contributed by atoms with van der Waals surface area (Å²) in [6, 6.07) is 6.65. The number of piperazine rings is 1. The number of hydrogen-bond donors (Lipinski definition) is 2. The minimum absolute atomic E-state index is 0.0941. The molecule has 30 heavy (non-hydrogen) atoms. The van der Waals surface area contributed by atoms with Crippen molar-refractivity contribution < 1.29 is 9.47 Å². The zero-order valence-electron chi connectivity index (χ0n) is 19.7. The first-order chi connectivity index (χ1) is 14.5. The lowest BCUT2D eigenvalue weighted by molar-refractivity contribution is 0.122. The molecule has 7 heteroatoms. The molecule has 170 valence electrons. The molecule has 1 aromatic carbocycles. The van der Waals surface area contributed by atoms with Crippen LogP contribution in [0.15, 0.2) is 23.2 Å². The van der Waals surface area contributed by atoms with Crippen molar-refractivity contribution in [2.24, 2.45) is 4.99 Å². The lowest BCUT2D eigenvalue weighted by Crippen LogP contribution is -2.49. The van der Waals surface area contributed by atoms with Gasteiger partial charge in [0.05, 0.1) is 25.8 Å². The molecule has 0 radical (unpaired) electrons. The molecule has 0 aliphatic carbocycles. The third kappa shape index (κ3) is 7.36. The topological polar surface area (TPSA) is 61.4 Å². The first-order valence-electron chi connectivity index (χ1n) is 11.3. The van der Waals surface area contributed by atoms with Gasteiger partial charge in [-0.1, -0.05) is 6.07 Å². The van der Waals surface area contributed by atoms with Gasteiger partial charge in [0.1, 0.15) is 0 Å². The summed E-state index contributed by atoms with van der Waals surface area (Å²) in [6.45, 7) is 17.8. The minimum Gasteiger partial charge on any atom is -0.490 e. The summed E-state index contributed by atoms with van der Waals surface area (Å²) in [5, 5.41) is 6.91. The molecule has 0 aromatic heterocycles. The summed E-state index contributed by atoms with van der Waals surface area (Å²) in [7, 11) is 2.19. The van der Waals surface area contributed by atoms with Crippen LogP contribution in [0.4, 0.5) is 0 Å². The van der Waals surface area contributed by atoms with Gasteiger partial charge in [-0.25, -0.2) is 0 Å². The number of nitrogens with zero attached hydrogens (tertiary/aromatic N) is 3.